The lowest BCUT2D eigenvalue weighted by molar-refractivity contribution is -0.121. The van der Waals surface area contributed by atoms with Crippen LogP contribution in [0, 0.1) is 0 Å². The van der Waals surface area contributed by atoms with Crippen LogP contribution in [0.3, 0.4) is 0 Å². The lowest BCUT2D eigenvalue weighted by Gasteiger charge is -2.37. The third kappa shape index (κ3) is 5.24. The molecule has 7 heteroatoms. The fourth-order valence-corrected chi connectivity index (χ4v) is 1.90. The number of halogens is 1. The standard InChI is InChI=1S/C12H21ClN2O4/c1-12(2,3)19-11(18)15-5-4-9(16)8(7-15)14-10(17)6-13/h8-9,16H,4-7H2,1-3H3,(H,14,17)/t8-,9-/m1/s1. The predicted molar refractivity (Wildman–Crippen MR) is 71.1 cm³/mol. The van der Waals surface area contributed by atoms with Crippen molar-refractivity contribution < 1.29 is 19.4 Å². The highest BCUT2D eigenvalue weighted by atomic mass is 35.5. The molecule has 0 aliphatic carbocycles. The van der Waals surface area contributed by atoms with E-state index in [0.29, 0.717) is 13.0 Å². The molecule has 0 unspecified atom stereocenters. The molecule has 1 heterocycles. The number of ether oxygens (including phenoxy) is 1. The molecule has 1 aliphatic heterocycles. The Morgan fingerprint density at radius 1 is 1.47 bits per heavy atom. The zero-order valence-electron chi connectivity index (χ0n) is 11.5. The van der Waals surface area contributed by atoms with Crippen molar-refractivity contribution in [3.05, 3.63) is 0 Å². The van der Waals surface area contributed by atoms with E-state index in [1.54, 1.807) is 20.8 Å². The first-order valence-electron chi connectivity index (χ1n) is 6.24. The Kier molecular flexibility index (Phi) is 5.43. The summed E-state index contributed by atoms with van der Waals surface area (Å²) in [6.07, 6.45) is -0.720. The smallest absolute Gasteiger partial charge is 0.410 e. The number of aliphatic hydroxyl groups excluding tert-OH is 1. The monoisotopic (exact) mass is 292 g/mol. The highest BCUT2D eigenvalue weighted by Crippen LogP contribution is 2.16. The van der Waals surface area contributed by atoms with Crippen LogP contribution in [0.25, 0.3) is 0 Å². The molecule has 2 N–H and O–H groups in total. The van der Waals surface area contributed by atoms with Crippen LogP contribution >= 0.6 is 11.6 Å². The first kappa shape index (κ1) is 16.0. The molecule has 0 spiro atoms. The maximum Gasteiger partial charge on any atom is 0.410 e. The molecule has 0 aromatic rings. The Morgan fingerprint density at radius 2 is 2.11 bits per heavy atom. The van der Waals surface area contributed by atoms with Gasteiger partial charge in [0.15, 0.2) is 0 Å². The summed E-state index contributed by atoms with van der Waals surface area (Å²) in [5.41, 5.74) is -0.567. The van der Waals surface area contributed by atoms with Crippen molar-refractivity contribution >= 4 is 23.6 Å². The Balaban J connectivity index is 2.58. The fraction of sp³-hybridized carbons (Fsp3) is 0.833. The van der Waals surface area contributed by atoms with Crippen LogP contribution in [0.15, 0.2) is 0 Å². The van der Waals surface area contributed by atoms with E-state index < -0.39 is 23.8 Å². The van der Waals surface area contributed by atoms with Gasteiger partial charge in [0.25, 0.3) is 0 Å². The summed E-state index contributed by atoms with van der Waals surface area (Å²) in [6, 6.07) is -0.507. The van der Waals surface area contributed by atoms with E-state index in [1.165, 1.54) is 4.90 Å². The second-order valence-corrected chi connectivity index (χ2v) is 5.86. The highest BCUT2D eigenvalue weighted by Gasteiger charge is 2.33. The summed E-state index contributed by atoms with van der Waals surface area (Å²) in [4.78, 5) is 24.6. The van der Waals surface area contributed by atoms with Crippen molar-refractivity contribution in [1.82, 2.24) is 10.2 Å². The average molecular weight is 293 g/mol. The average Bonchev–Trinajstić information content (AvgIpc) is 2.29. The molecule has 0 bridgehead atoms. The zero-order chi connectivity index (χ0) is 14.6. The number of piperidine rings is 1. The number of amides is 2. The van der Waals surface area contributed by atoms with Gasteiger partial charge in [-0.2, -0.15) is 0 Å². The number of carbonyl (C=O) groups is 2. The van der Waals surface area contributed by atoms with E-state index in [0.717, 1.165) is 0 Å². The molecule has 19 heavy (non-hydrogen) atoms. The number of aliphatic hydroxyl groups is 1. The molecule has 1 fully saturated rings. The molecule has 0 aromatic carbocycles. The van der Waals surface area contributed by atoms with Gasteiger partial charge in [-0.1, -0.05) is 0 Å². The molecular formula is C12H21ClN2O4. The molecule has 1 rings (SSSR count). The van der Waals surface area contributed by atoms with Gasteiger partial charge in [0.1, 0.15) is 11.5 Å². The van der Waals surface area contributed by atoms with Crippen molar-refractivity contribution in [2.24, 2.45) is 0 Å². The Morgan fingerprint density at radius 3 is 2.63 bits per heavy atom. The van der Waals surface area contributed by atoms with Gasteiger partial charge >= 0.3 is 6.09 Å². The second kappa shape index (κ2) is 6.43. The van der Waals surface area contributed by atoms with Gasteiger partial charge in [0.05, 0.1) is 12.1 Å². The first-order chi connectivity index (χ1) is 8.73. The van der Waals surface area contributed by atoms with Crippen LogP contribution in [0.4, 0.5) is 4.79 Å². The van der Waals surface area contributed by atoms with Gasteiger partial charge in [-0.15, -0.1) is 11.6 Å². The number of alkyl halides is 1. The van der Waals surface area contributed by atoms with Gasteiger partial charge < -0.3 is 20.1 Å². The Labute approximate surface area is 118 Å². The number of hydrogen-bond acceptors (Lipinski definition) is 4. The third-order valence-corrected chi connectivity index (χ3v) is 2.94. The molecule has 1 aliphatic rings. The number of carbonyl (C=O) groups excluding carboxylic acids is 2. The minimum Gasteiger partial charge on any atom is -0.444 e. The van der Waals surface area contributed by atoms with Crippen molar-refractivity contribution in [2.75, 3.05) is 19.0 Å². The molecule has 0 saturated carbocycles. The molecule has 6 nitrogen and oxygen atoms in total. The number of nitrogens with zero attached hydrogens (tertiary/aromatic N) is 1. The Hall–Kier alpha value is -1.01. The maximum absolute atomic E-state index is 11.9. The summed E-state index contributed by atoms with van der Waals surface area (Å²) < 4.78 is 5.26. The quantitative estimate of drug-likeness (QED) is 0.735. The number of rotatable bonds is 2. The number of hydrogen-bond donors (Lipinski definition) is 2. The first-order valence-corrected chi connectivity index (χ1v) is 6.77. The van der Waals surface area contributed by atoms with Gasteiger partial charge in [-0.25, -0.2) is 4.79 Å². The summed E-state index contributed by atoms with van der Waals surface area (Å²) >= 11 is 5.41. The largest absolute Gasteiger partial charge is 0.444 e. The summed E-state index contributed by atoms with van der Waals surface area (Å²) in [5, 5.41) is 12.4. The van der Waals surface area contributed by atoms with Crippen molar-refractivity contribution in [3.8, 4) is 0 Å². The van der Waals surface area contributed by atoms with Gasteiger partial charge in [0.2, 0.25) is 5.91 Å². The molecule has 0 aromatic heterocycles. The SMILES string of the molecule is CC(C)(C)OC(=O)N1CC[C@@H](O)[C@H](NC(=O)CCl)C1. The van der Waals surface area contributed by atoms with Gasteiger partial charge in [0, 0.05) is 13.1 Å². The van der Waals surface area contributed by atoms with Crippen LogP contribution in [0.1, 0.15) is 27.2 Å². The third-order valence-electron chi connectivity index (χ3n) is 2.70. The maximum atomic E-state index is 11.9. The highest BCUT2D eigenvalue weighted by molar-refractivity contribution is 6.27. The molecular weight excluding hydrogens is 272 g/mol. The van der Waals surface area contributed by atoms with Crippen LogP contribution in [0.5, 0.6) is 0 Å². The minimum absolute atomic E-state index is 0.171. The van der Waals surface area contributed by atoms with Gasteiger partial charge in [-0.3, -0.25) is 4.79 Å². The molecule has 0 radical (unpaired) electrons. The molecule has 110 valence electrons. The summed E-state index contributed by atoms with van der Waals surface area (Å²) in [6.45, 7) is 5.99. The lowest BCUT2D eigenvalue weighted by atomic mass is 10.0. The van der Waals surface area contributed by atoms with Crippen molar-refractivity contribution in [2.45, 2.75) is 44.9 Å². The van der Waals surface area contributed by atoms with Crippen LogP contribution in [0.2, 0.25) is 0 Å². The molecule has 2 atom stereocenters. The lowest BCUT2D eigenvalue weighted by Crippen LogP contribution is -2.57. The van der Waals surface area contributed by atoms with Crippen LogP contribution in [-0.2, 0) is 9.53 Å². The fourth-order valence-electron chi connectivity index (χ4n) is 1.82. The van der Waals surface area contributed by atoms with Crippen molar-refractivity contribution in [1.29, 1.82) is 0 Å². The van der Waals surface area contributed by atoms with E-state index >= 15 is 0 Å². The predicted octanol–water partition coefficient (Wildman–Crippen LogP) is 0.712. The van der Waals surface area contributed by atoms with Crippen LogP contribution < -0.4 is 5.32 Å². The van der Waals surface area contributed by atoms with E-state index in [9.17, 15) is 14.7 Å². The molecule has 1 saturated heterocycles. The zero-order valence-corrected chi connectivity index (χ0v) is 12.2. The van der Waals surface area contributed by atoms with E-state index in [1.807, 2.05) is 0 Å². The number of likely N-dealkylation sites (tertiary alicyclic amines) is 1. The topological polar surface area (TPSA) is 78.9 Å². The van der Waals surface area contributed by atoms with E-state index in [2.05, 4.69) is 5.32 Å². The normalized spacial score (nSPS) is 23.9. The number of nitrogens with one attached hydrogen (secondary N) is 1. The van der Waals surface area contributed by atoms with E-state index in [4.69, 9.17) is 16.3 Å². The summed E-state index contributed by atoms with van der Waals surface area (Å²) in [7, 11) is 0. The van der Waals surface area contributed by atoms with E-state index in [-0.39, 0.29) is 18.3 Å². The van der Waals surface area contributed by atoms with Crippen LogP contribution in [-0.4, -0.2) is 58.7 Å². The minimum atomic E-state index is -0.675. The summed E-state index contributed by atoms with van der Waals surface area (Å²) in [5.74, 6) is -0.535. The second-order valence-electron chi connectivity index (χ2n) is 5.59. The van der Waals surface area contributed by atoms with Crippen molar-refractivity contribution in [3.63, 3.8) is 0 Å². The van der Waals surface area contributed by atoms with Gasteiger partial charge in [-0.05, 0) is 27.2 Å². The Bertz CT molecular complexity index is 343. The molecule has 2 amide bonds.